The summed E-state index contributed by atoms with van der Waals surface area (Å²) in [7, 11) is 0. The van der Waals surface area contributed by atoms with Crippen LogP contribution in [0.4, 0.5) is 0 Å². The molecule has 4 nitrogen and oxygen atoms in total. The molecule has 3 N–H and O–H groups in total. The van der Waals surface area contributed by atoms with Gasteiger partial charge >= 0.3 is 0 Å². The predicted molar refractivity (Wildman–Crippen MR) is 43.3 cm³/mol. The van der Waals surface area contributed by atoms with Gasteiger partial charge in [0.25, 0.3) is 0 Å². The van der Waals surface area contributed by atoms with Crippen LogP contribution in [0.15, 0.2) is 35.7 Å². The van der Waals surface area contributed by atoms with Crippen molar-refractivity contribution in [3.8, 4) is 0 Å². The highest BCUT2D eigenvalue weighted by molar-refractivity contribution is 5.76. The first-order valence-corrected chi connectivity index (χ1v) is 3.06. The lowest BCUT2D eigenvalue weighted by Gasteiger charge is -1.73. The topological polar surface area (TPSA) is 71.5 Å². The van der Waals surface area contributed by atoms with Crippen LogP contribution in [0.1, 0.15) is 6.92 Å². The minimum Gasteiger partial charge on any atom is -0.409 e. The number of hydrogen-bond donors (Lipinski definition) is 2. The Morgan fingerprint density at radius 3 is 1.91 bits per heavy atom. The van der Waals surface area contributed by atoms with E-state index in [4.69, 9.17) is 10.9 Å². The molecule has 0 aliphatic heterocycles. The number of nitrogens with zero attached hydrogens (tertiary/aromatic N) is 2. The van der Waals surface area contributed by atoms with Gasteiger partial charge in [-0.05, 0) is 19.1 Å². The fourth-order valence-electron chi connectivity index (χ4n) is 0.313. The normalized spacial score (nSPS) is 9.73. The van der Waals surface area contributed by atoms with Gasteiger partial charge < -0.3 is 10.9 Å². The third-order valence-corrected chi connectivity index (χ3v) is 0.724. The standard InChI is InChI=1S/C5H5N.C2H6N2O/c1-2-4-6-5-3-1;1-2(3)4-5/h1-5H;5H,1H3,(H2,3,4). The highest BCUT2D eigenvalue weighted by atomic mass is 16.4. The van der Waals surface area contributed by atoms with Crippen molar-refractivity contribution in [3.05, 3.63) is 30.6 Å². The fourth-order valence-corrected chi connectivity index (χ4v) is 0.313. The number of amidine groups is 1. The summed E-state index contributed by atoms with van der Waals surface area (Å²) in [4.78, 5) is 3.78. The molecule has 0 saturated carbocycles. The van der Waals surface area contributed by atoms with Gasteiger partial charge in [-0.2, -0.15) is 0 Å². The maximum Gasteiger partial charge on any atom is 0.135 e. The van der Waals surface area contributed by atoms with Crippen molar-refractivity contribution in [1.29, 1.82) is 0 Å². The fraction of sp³-hybridized carbons (Fsp3) is 0.143. The van der Waals surface area contributed by atoms with E-state index in [0.717, 1.165) is 0 Å². The highest BCUT2D eigenvalue weighted by Crippen LogP contribution is 1.73. The van der Waals surface area contributed by atoms with Gasteiger partial charge in [0.05, 0.1) is 0 Å². The molecule has 4 heteroatoms. The van der Waals surface area contributed by atoms with Gasteiger partial charge in [0.1, 0.15) is 5.84 Å². The quantitative estimate of drug-likeness (QED) is 0.251. The van der Waals surface area contributed by atoms with Crippen molar-refractivity contribution in [3.63, 3.8) is 0 Å². The lowest BCUT2D eigenvalue weighted by atomic mass is 10.5. The monoisotopic (exact) mass is 153 g/mol. The molecule has 0 atom stereocenters. The number of pyridine rings is 1. The molecular weight excluding hydrogens is 142 g/mol. The Labute approximate surface area is 65.4 Å². The van der Waals surface area contributed by atoms with Gasteiger partial charge in [-0.15, -0.1) is 0 Å². The first kappa shape index (κ1) is 9.42. The molecule has 0 aliphatic carbocycles. The molecule has 1 rings (SSSR count). The van der Waals surface area contributed by atoms with Crippen LogP contribution in [-0.2, 0) is 0 Å². The Balaban J connectivity index is 0.000000187. The smallest absolute Gasteiger partial charge is 0.135 e. The molecule has 0 saturated heterocycles. The summed E-state index contributed by atoms with van der Waals surface area (Å²) >= 11 is 0. The Morgan fingerprint density at radius 1 is 1.36 bits per heavy atom. The third kappa shape index (κ3) is 8.42. The highest BCUT2D eigenvalue weighted by Gasteiger charge is 1.64. The van der Waals surface area contributed by atoms with Crippen LogP contribution < -0.4 is 5.73 Å². The molecule has 11 heavy (non-hydrogen) atoms. The van der Waals surface area contributed by atoms with Gasteiger partial charge in [0, 0.05) is 12.4 Å². The second kappa shape index (κ2) is 6.54. The van der Waals surface area contributed by atoms with Gasteiger partial charge in [-0.3, -0.25) is 4.98 Å². The van der Waals surface area contributed by atoms with Crippen molar-refractivity contribution in [2.45, 2.75) is 6.92 Å². The zero-order valence-electron chi connectivity index (χ0n) is 6.31. The summed E-state index contributed by atoms with van der Waals surface area (Å²) in [6, 6.07) is 5.72. The molecule has 0 amide bonds. The van der Waals surface area contributed by atoms with E-state index in [0.29, 0.717) is 0 Å². The molecule has 1 aromatic rings. The molecule has 0 fully saturated rings. The molecule has 0 spiro atoms. The zero-order chi connectivity index (χ0) is 8.53. The second-order valence-corrected chi connectivity index (χ2v) is 1.77. The number of oxime groups is 1. The van der Waals surface area contributed by atoms with E-state index >= 15 is 0 Å². The zero-order valence-corrected chi connectivity index (χ0v) is 6.31. The van der Waals surface area contributed by atoms with E-state index in [1.54, 1.807) is 12.4 Å². The van der Waals surface area contributed by atoms with Crippen LogP contribution in [0.3, 0.4) is 0 Å². The summed E-state index contributed by atoms with van der Waals surface area (Å²) in [5, 5.41) is 10.2. The van der Waals surface area contributed by atoms with E-state index < -0.39 is 0 Å². The lowest BCUT2D eigenvalue weighted by Crippen LogP contribution is -2.03. The van der Waals surface area contributed by atoms with E-state index in [1.807, 2.05) is 18.2 Å². The SMILES string of the molecule is C/C(N)=N/O.c1ccncc1. The maximum atomic E-state index is 7.61. The molecule has 1 aromatic heterocycles. The minimum absolute atomic E-state index is 0.185. The summed E-state index contributed by atoms with van der Waals surface area (Å²) in [6.07, 6.45) is 3.50. The summed E-state index contributed by atoms with van der Waals surface area (Å²) in [5.41, 5.74) is 4.79. The summed E-state index contributed by atoms with van der Waals surface area (Å²) < 4.78 is 0. The van der Waals surface area contributed by atoms with Crippen LogP contribution in [-0.4, -0.2) is 16.0 Å². The van der Waals surface area contributed by atoms with Crippen molar-refractivity contribution in [2.24, 2.45) is 10.9 Å². The molecule has 0 radical (unpaired) electrons. The average molecular weight is 153 g/mol. The Morgan fingerprint density at radius 2 is 1.82 bits per heavy atom. The van der Waals surface area contributed by atoms with Crippen LogP contribution in [0, 0.1) is 0 Å². The average Bonchev–Trinajstić information content (AvgIpc) is 2.09. The Bertz CT molecular complexity index is 167. The minimum atomic E-state index is 0.185. The van der Waals surface area contributed by atoms with Gasteiger partial charge in [-0.1, -0.05) is 11.2 Å². The van der Waals surface area contributed by atoms with Crippen molar-refractivity contribution in [1.82, 2.24) is 4.98 Å². The largest absolute Gasteiger partial charge is 0.409 e. The van der Waals surface area contributed by atoms with E-state index in [1.165, 1.54) is 6.92 Å². The Hall–Kier alpha value is -1.58. The number of nitrogens with two attached hydrogens (primary N) is 1. The van der Waals surface area contributed by atoms with Gasteiger partial charge in [0.2, 0.25) is 0 Å². The van der Waals surface area contributed by atoms with E-state index in [-0.39, 0.29) is 5.84 Å². The van der Waals surface area contributed by atoms with Crippen molar-refractivity contribution < 1.29 is 5.21 Å². The number of aromatic nitrogens is 1. The number of hydrogen-bond acceptors (Lipinski definition) is 3. The first-order valence-electron chi connectivity index (χ1n) is 3.06. The van der Waals surface area contributed by atoms with Crippen LogP contribution >= 0.6 is 0 Å². The van der Waals surface area contributed by atoms with E-state index in [9.17, 15) is 0 Å². The predicted octanol–water partition coefficient (Wildman–Crippen LogP) is 0.834. The van der Waals surface area contributed by atoms with Crippen LogP contribution in [0.2, 0.25) is 0 Å². The number of rotatable bonds is 0. The molecule has 60 valence electrons. The van der Waals surface area contributed by atoms with Gasteiger partial charge in [-0.25, -0.2) is 0 Å². The summed E-state index contributed by atoms with van der Waals surface area (Å²) in [6.45, 7) is 1.50. The van der Waals surface area contributed by atoms with Crippen molar-refractivity contribution >= 4 is 5.84 Å². The Kier molecular flexibility index (Phi) is 5.60. The van der Waals surface area contributed by atoms with Gasteiger partial charge in [0.15, 0.2) is 0 Å². The first-order chi connectivity index (χ1) is 5.27. The molecule has 0 unspecified atom stereocenters. The summed E-state index contributed by atoms with van der Waals surface area (Å²) in [5.74, 6) is 0.185. The molecule has 0 aliphatic rings. The molecule has 0 aromatic carbocycles. The molecule has 0 bridgehead atoms. The third-order valence-electron chi connectivity index (χ3n) is 0.724. The second-order valence-electron chi connectivity index (χ2n) is 1.77. The van der Waals surface area contributed by atoms with E-state index in [2.05, 4.69) is 10.1 Å². The molecular formula is C7H11N3O. The maximum absolute atomic E-state index is 7.61. The van der Waals surface area contributed by atoms with Crippen LogP contribution in [0.25, 0.3) is 0 Å². The van der Waals surface area contributed by atoms with Crippen LogP contribution in [0.5, 0.6) is 0 Å². The lowest BCUT2D eigenvalue weighted by molar-refractivity contribution is 0.318. The molecule has 1 heterocycles. The van der Waals surface area contributed by atoms with Crippen molar-refractivity contribution in [2.75, 3.05) is 0 Å².